The van der Waals surface area contributed by atoms with Crippen molar-refractivity contribution in [1.82, 2.24) is 4.90 Å². The number of nitrogens with zero attached hydrogens (tertiary/aromatic N) is 1. The molecule has 154 valence electrons. The topological polar surface area (TPSA) is 92.8 Å². The van der Waals surface area contributed by atoms with E-state index in [-0.39, 0.29) is 44.0 Å². The van der Waals surface area contributed by atoms with E-state index in [9.17, 15) is 19.2 Å². The molecule has 0 saturated heterocycles. The van der Waals surface area contributed by atoms with Crippen molar-refractivity contribution in [3.05, 3.63) is 74.7 Å². The quantitative estimate of drug-likeness (QED) is 0.297. The number of nitrogens with one attached hydrogen (secondary N) is 1. The number of carbonyl (C=O) groups is 4. The summed E-state index contributed by atoms with van der Waals surface area (Å²) in [5, 5.41) is 3.03. The van der Waals surface area contributed by atoms with Gasteiger partial charge in [0.2, 0.25) is 0 Å². The number of halogens is 3. The van der Waals surface area contributed by atoms with Crippen LogP contribution >= 0.6 is 34.8 Å². The third kappa shape index (κ3) is 4.33. The number of hydrogen-bond donors (Lipinski definition) is 1. The molecule has 1 aliphatic rings. The second-order valence-electron chi connectivity index (χ2n) is 6.14. The molecule has 0 radical (unpaired) electrons. The second-order valence-corrected chi connectivity index (χ2v) is 7.36. The summed E-state index contributed by atoms with van der Waals surface area (Å²) in [6.07, 6.45) is 1.43. The maximum Gasteiger partial charge on any atom is 0.338 e. The Morgan fingerprint density at radius 3 is 2.37 bits per heavy atom. The van der Waals surface area contributed by atoms with Crippen molar-refractivity contribution in [3.8, 4) is 0 Å². The van der Waals surface area contributed by atoms with Gasteiger partial charge < -0.3 is 10.1 Å². The van der Waals surface area contributed by atoms with Crippen molar-refractivity contribution < 1.29 is 23.9 Å². The molecule has 3 amide bonds. The Bertz CT molecular complexity index is 1100. The first-order valence-corrected chi connectivity index (χ1v) is 9.59. The zero-order chi connectivity index (χ0) is 22.0. The Hall–Kier alpha value is -2.87. The SMILES string of the molecule is C=CCN1C(=O)c2ccc(C(=O)OCC(=O)Nc3cc(Cl)c(Cl)cc3Cl)cc2C1=O. The van der Waals surface area contributed by atoms with Crippen LogP contribution in [0.25, 0.3) is 0 Å². The highest BCUT2D eigenvalue weighted by Gasteiger charge is 2.35. The minimum absolute atomic E-state index is 0.0238. The number of benzene rings is 2. The van der Waals surface area contributed by atoms with Gasteiger partial charge in [-0.1, -0.05) is 40.9 Å². The first kappa shape index (κ1) is 21.8. The van der Waals surface area contributed by atoms with Crippen molar-refractivity contribution in [1.29, 1.82) is 0 Å². The van der Waals surface area contributed by atoms with E-state index in [0.717, 1.165) is 4.90 Å². The van der Waals surface area contributed by atoms with Gasteiger partial charge in [-0.15, -0.1) is 6.58 Å². The molecule has 1 aliphatic heterocycles. The van der Waals surface area contributed by atoms with E-state index in [1.54, 1.807) is 0 Å². The molecule has 0 aromatic heterocycles. The van der Waals surface area contributed by atoms with Gasteiger partial charge in [0.1, 0.15) is 0 Å². The lowest BCUT2D eigenvalue weighted by Gasteiger charge is -2.10. The van der Waals surface area contributed by atoms with E-state index in [1.807, 2.05) is 0 Å². The van der Waals surface area contributed by atoms with Crippen LogP contribution in [0.15, 0.2) is 43.0 Å². The molecule has 30 heavy (non-hydrogen) atoms. The number of fused-ring (bicyclic) bond motifs is 1. The molecule has 1 N–H and O–H groups in total. The van der Waals surface area contributed by atoms with Crippen molar-refractivity contribution in [2.45, 2.75) is 0 Å². The van der Waals surface area contributed by atoms with Gasteiger partial charge in [0.05, 0.1) is 37.4 Å². The number of carbonyl (C=O) groups excluding carboxylic acids is 4. The normalized spacial score (nSPS) is 12.6. The van der Waals surface area contributed by atoms with Gasteiger partial charge in [0.25, 0.3) is 17.7 Å². The van der Waals surface area contributed by atoms with Crippen LogP contribution < -0.4 is 5.32 Å². The molecule has 0 saturated carbocycles. The van der Waals surface area contributed by atoms with Crippen LogP contribution in [0.3, 0.4) is 0 Å². The zero-order valence-electron chi connectivity index (χ0n) is 15.2. The van der Waals surface area contributed by atoms with Crippen LogP contribution in [-0.2, 0) is 9.53 Å². The number of ether oxygens (including phenoxy) is 1. The maximum atomic E-state index is 12.3. The molecule has 2 aromatic carbocycles. The number of rotatable bonds is 6. The Kier molecular flexibility index (Phi) is 6.45. The lowest BCUT2D eigenvalue weighted by atomic mass is 10.1. The first-order valence-electron chi connectivity index (χ1n) is 8.45. The molecular weight excluding hydrogens is 455 g/mol. The predicted octanol–water partition coefficient (Wildman–Crippen LogP) is 4.22. The molecule has 7 nitrogen and oxygen atoms in total. The van der Waals surface area contributed by atoms with Gasteiger partial charge in [-0.2, -0.15) is 0 Å². The van der Waals surface area contributed by atoms with Gasteiger partial charge in [0.15, 0.2) is 6.61 Å². The summed E-state index contributed by atoms with van der Waals surface area (Å²) in [6, 6.07) is 6.70. The number of hydrogen-bond acceptors (Lipinski definition) is 5. The van der Waals surface area contributed by atoms with E-state index in [0.29, 0.717) is 0 Å². The van der Waals surface area contributed by atoms with Crippen LogP contribution in [0.5, 0.6) is 0 Å². The third-order valence-electron chi connectivity index (χ3n) is 4.14. The highest BCUT2D eigenvalue weighted by atomic mass is 35.5. The Balaban J connectivity index is 1.66. The van der Waals surface area contributed by atoms with Crippen LogP contribution in [0.1, 0.15) is 31.1 Å². The molecule has 0 unspecified atom stereocenters. The summed E-state index contributed by atoms with van der Waals surface area (Å²) in [4.78, 5) is 49.9. The fraction of sp³-hybridized carbons (Fsp3) is 0.100. The zero-order valence-corrected chi connectivity index (χ0v) is 17.5. The Labute approximate surface area is 186 Å². The monoisotopic (exact) mass is 466 g/mol. The van der Waals surface area contributed by atoms with Gasteiger partial charge >= 0.3 is 5.97 Å². The maximum absolute atomic E-state index is 12.3. The molecule has 0 fully saturated rings. The molecule has 0 spiro atoms. The standard InChI is InChI=1S/C20H13Cl3N2O5/c1-2-5-25-18(27)11-4-3-10(6-12(11)19(25)28)20(29)30-9-17(26)24-16-8-14(22)13(21)7-15(16)23/h2-4,6-8H,1,5,9H2,(H,24,26). The van der Waals surface area contributed by atoms with Crippen molar-refractivity contribution in [2.75, 3.05) is 18.5 Å². The summed E-state index contributed by atoms with van der Waals surface area (Å²) in [6.45, 7) is 2.96. The molecule has 1 heterocycles. The average Bonchev–Trinajstić information content (AvgIpc) is 2.95. The predicted molar refractivity (Wildman–Crippen MR) is 112 cm³/mol. The molecule has 3 rings (SSSR count). The number of esters is 1. The molecular formula is C20H13Cl3N2O5. The molecule has 10 heteroatoms. The third-order valence-corrected chi connectivity index (χ3v) is 5.17. The lowest BCUT2D eigenvalue weighted by molar-refractivity contribution is -0.119. The fourth-order valence-electron chi connectivity index (χ4n) is 2.73. The van der Waals surface area contributed by atoms with Crippen molar-refractivity contribution in [3.63, 3.8) is 0 Å². The van der Waals surface area contributed by atoms with Gasteiger partial charge in [-0.05, 0) is 30.3 Å². The molecule has 0 bridgehead atoms. The molecule has 0 aliphatic carbocycles. The van der Waals surface area contributed by atoms with Gasteiger partial charge in [0, 0.05) is 6.54 Å². The van der Waals surface area contributed by atoms with E-state index in [4.69, 9.17) is 39.5 Å². The van der Waals surface area contributed by atoms with E-state index < -0.39 is 30.3 Å². The van der Waals surface area contributed by atoms with E-state index in [1.165, 1.54) is 36.4 Å². The first-order chi connectivity index (χ1) is 14.2. The highest BCUT2D eigenvalue weighted by molar-refractivity contribution is 6.44. The van der Waals surface area contributed by atoms with Gasteiger partial charge in [-0.25, -0.2) is 4.79 Å². The summed E-state index contributed by atoms with van der Waals surface area (Å²) in [5.74, 6) is -2.49. The fourth-order valence-corrected chi connectivity index (χ4v) is 3.33. The lowest BCUT2D eigenvalue weighted by Crippen LogP contribution is -2.29. The summed E-state index contributed by atoms with van der Waals surface area (Å²) in [5.41, 5.74) is 0.500. The minimum atomic E-state index is -0.837. The van der Waals surface area contributed by atoms with E-state index >= 15 is 0 Å². The summed E-state index contributed by atoms with van der Waals surface area (Å²) in [7, 11) is 0. The van der Waals surface area contributed by atoms with E-state index in [2.05, 4.69) is 11.9 Å². The van der Waals surface area contributed by atoms with Gasteiger partial charge in [-0.3, -0.25) is 19.3 Å². The van der Waals surface area contributed by atoms with Crippen LogP contribution in [0.4, 0.5) is 5.69 Å². The summed E-state index contributed by atoms with van der Waals surface area (Å²) < 4.78 is 4.97. The Morgan fingerprint density at radius 2 is 1.67 bits per heavy atom. The smallest absolute Gasteiger partial charge is 0.338 e. The molecule has 0 atom stereocenters. The van der Waals surface area contributed by atoms with Crippen LogP contribution in [0, 0.1) is 0 Å². The van der Waals surface area contributed by atoms with Crippen molar-refractivity contribution >= 4 is 64.2 Å². The van der Waals surface area contributed by atoms with Crippen molar-refractivity contribution in [2.24, 2.45) is 0 Å². The van der Waals surface area contributed by atoms with Crippen LogP contribution in [0.2, 0.25) is 15.1 Å². The largest absolute Gasteiger partial charge is 0.452 e. The summed E-state index contributed by atoms with van der Waals surface area (Å²) >= 11 is 17.7. The average molecular weight is 468 g/mol. The van der Waals surface area contributed by atoms with Crippen LogP contribution in [-0.4, -0.2) is 41.7 Å². The highest BCUT2D eigenvalue weighted by Crippen LogP contribution is 2.32. The number of imide groups is 1. The second kappa shape index (κ2) is 8.87. The Morgan fingerprint density at radius 1 is 1.00 bits per heavy atom. The number of amides is 3. The number of anilines is 1. The molecule has 2 aromatic rings. The minimum Gasteiger partial charge on any atom is -0.452 e.